The molecule has 5 N–H and O–H groups in total. The predicted molar refractivity (Wildman–Crippen MR) is 138 cm³/mol. The Balaban J connectivity index is 2.06. The lowest BCUT2D eigenvalue weighted by Gasteiger charge is -2.20. The van der Waals surface area contributed by atoms with Crippen LogP contribution in [0.4, 0.5) is 10.1 Å². The van der Waals surface area contributed by atoms with Gasteiger partial charge in [0.2, 0.25) is 0 Å². The maximum Gasteiger partial charge on any atom is 0.183 e. The summed E-state index contributed by atoms with van der Waals surface area (Å²) in [6, 6.07) is 7.28. The van der Waals surface area contributed by atoms with E-state index in [1.165, 1.54) is 11.8 Å². The molecule has 1 aliphatic heterocycles. The minimum Gasteiger partial charge on any atom is -0.491 e. The van der Waals surface area contributed by atoms with E-state index < -0.39 is 5.82 Å². The van der Waals surface area contributed by atoms with Crippen LogP contribution in [0.1, 0.15) is 64.5 Å². The molecular formula is C26H35FN4O2S. The van der Waals surface area contributed by atoms with Crippen LogP contribution in [0.2, 0.25) is 0 Å². The fourth-order valence-electron chi connectivity index (χ4n) is 3.74. The molecule has 8 heteroatoms. The first kappa shape index (κ1) is 25.9. The standard InChI is InChI=1S/C26H35FN4O2S/c1-15(2)9-7-13-32-22-19-20(26(30)31-25(19)29)23(33-14-8-10-16(3)4)24(21(22)27)34-18-12-6-5-11-17(18)28/h5-6,11-12,15-16H,7-10,13-14,28H2,1-4H3,(H3,29,30,31). The van der Waals surface area contributed by atoms with Crippen molar-refractivity contribution >= 4 is 29.1 Å². The molecule has 34 heavy (non-hydrogen) atoms. The molecule has 184 valence electrons. The molecule has 0 aromatic heterocycles. The summed E-state index contributed by atoms with van der Waals surface area (Å²) >= 11 is 1.17. The van der Waals surface area contributed by atoms with Crippen molar-refractivity contribution in [2.75, 3.05) is 18.9 Å². The number of benzene rings is 2. The summed E-state index contributed by atoms with van der Waals surface area (Å²) in [5, 5.41) is 8.34. The number of fused-ring (bicyclic) bond motifs is 1. The summed E-state index contributed by atoms with van der Waals surface area (Å²) < 4.78 is 28.1. The molecule has 0 saturated carbocycles. The van der Waals surface area contributed by atoms with Crippen molar-refractivity contribution in [2.24, 2.45) is 22.6 Å². The van der Waals surface area contributed by atoms with E-state index in [0.717, 1.165) is 25.7 Å². The number of nitrogens with zero attached hydrogens (tertiary/aromatic N) is 1. The van der Waals surface area contributed by atoms with E-state index in [1.54, 1.807) is 6.07 Å². The first-order chi connectivity index (χ1) is 16.2. The third-order valence-corrected chi connectivity index (χ3v) is 6.67. The van der Waals surface area contributed by atoms with Crippen molar-refractivity contribution in [1.29, 1.82) is 5.41 Å². The number of nitrogens with two attached hydrogens (primary N) is 2. The van der Waals surface area contributed by atoms with Crippen molar-refractivity contribution in [3.63, 3.8) is 0 Å². The van der Waals surface area contributed by atoms with Crippen LogP contribution in [-0.4, -0.2) is 24.9 Å². The molecule has 2 aromatic rings. The highest BCUT2D eigenvalue weighted by Gasteiger charge is 2.34. The minimum absolute atomic E-state index is 0.000473. The Labute approximate surface area is 205 Å². The fourth-order valence-corrected chi connectivity index (χ4v) is 4.72. The molecule has 0 radical (unpaired) electrons. The summed E-state index contributed by atoms with van der Waals surface area (Å²) in [5.41, 5.74) is 13.6. The largest absolute Gasteiger partial charge is 0.491 e. The van der Waals surface area contributed by atoms with Crippen molar-refractivity contribution < 1.29 is 13.9 Å². The Morgan fingerprint density at radius 1 is 0.941 bits per heavy atom. The number of nitrogen functional groups attached to an aromatic ring is 1. The molecule has 0 amide bonds. The maximum absolute atomic E-state index is 16.1. The Kier molecular flexibility index (Phi) is 8.83. The molecule has 0 atom stereocenters. The van der Waals surface area contributed by atoms with E-state index >= 15 is 4.39 Å². The molecule has 0 fully saturated rings. The predicted octanol–water partition coefficient (Wildman–Crippen LogP) is 6.23. The highest BCUT2D eigenvalue weighted by atomic mass is 32.2. The van der Waals surface area contributed by atoms with Gasteiger partial charge in [0, 0.05) is 10.6 Å². The van der Waals surface area contributed by atoms with Gasteiger partial charge in [-0.05, 0) is 49.7 Å². The third kappa shape index (κ3) is 6.03. The van der Waals surface area contributed by atoms with Gasteiger partial charge in [0.1, 0.15) is 11.6 Å². The van der Waals surface area contributed by atoms with Crippen LogP contribution in [0.25, 0.3) is 0 Å². The summed E-state index contributed by atoms with van der Waals surface area (Å²) in [4.78, 5) is 5.06. The third-order valence-electron chi connectivity index (χ3n) is 5.51. The zero-order valence-electron chi connectivity index (χ0n) is 20.4. The van der Waals surface area contributed by atoms with Crippen LogP contribution in [0.15, 0.2) is 39.0 Å². The van der Waals surface area contributed by atoms with Gasteiger partial charge in [-0.25, -0.2) is 9.38 Å². The van der Waals surface area contributed by atoms with E-state index in [0.29, 0.717) is 46.9 Å². The van der Waals surface area contributed by atoms with E-state index in [9.17, 15) is 0 Å². The molecule has 0 unspecified atom stereocenters. The van der Waals surface area contributed by atoms with Crippen molar-refractivity contribution in [3.05, 3.63) is 41.2 Å². The maximum atomic E-state index is 16.1. The van der Waals surface area contributed by atoms with Gasteiger partial charge in [-0.2, -0.15) is 0 Å². The van der Waals surface area contributed by atoms with Gasteiger partial charge in [-0.15, -0.1) is 0 Å². The molecule has 3 rings (SSSR count). The lowest BCUT2D eigenvalue weighted by Crippen LogP contribution is -2.16. The van der Waals surface area contributed by atoms with Gasteiger partial charge >= 0.3 is 0 Å². The molecule has 0 aliphatic carbocycles. The second-order valence-electron chi connectivity index (χ2n) is 9.31. The fraction of sp³-hybridized carbons (Fsp3) is 0.462. The first-order valence-corrected chi connectivity index (χ1v) is 12.6. The summed E-state index contributed by atoms with van der Waals surface area (Å²) in [7, 11) is 0. The van der Waals surface area contributed by atoms with Gasteiger partial charge in [0.15, 0.2) is 17.4 Å². The van der Waals surface area contributed by atoms with E-state index in [2.05, 4.69) is 32.7 Å². The molecule has 6 nitrogen and oxygen atoms in total. The van der Waals surface area contributed by atoms with Crippen molar-refractivity contribution in [3.8, 4) is 11.5 Å². The Hall–Kier alpha value is -2.74. The summed E-state index contributed by atoms with van der Waals surface area (Å²) in [5.74, 6) is 0.782. The van der Waals surface area contributed by atoms with E-state index in [-0.39, 0.29) is 27.9 Å². The van der Waals surface area contributed by atoms with Gasteiger partial charge in [-0.1, -0.05) is 51.6 Å². The highest BCUT2D eigenvalue weighted by Crippen LogP contribution is 2.48. The topological polar surface area (TPSA) is 107 Å². The monoisotopic (exact) mass is 486 g/mol. The van der Waals surface area contributed by atoms with Gasteiger partial charge in [-0.3, -0.25) is 5.41 Å². The van der Waals surface area contributed by atoms with Crippen LogP contribution in [0.5, 0.6) is 11.5 Å². The first-order valence-electron chi connectivity index (χ1n) is 11.8. The normalized spacial score (nSPS) is 12.9. The van der Waals surface area contributed by atoms with Crippen molar-refractivity contribution in [1.82, 2.24) is 0 Å². The van der Waals surface area contributed by atoms with Gasteiger partial charge < -0.3 is 20.9 Å². The molecule has 0 spiro atoms. The zero-order valence-corrected chi connectivity index (χ0v) is 21.2. The number of ether oxygens (including phenoxy) is 2. The number of halogens is 1. The van der Waals surface area contributed by atoms with Crippen LogP contribution in [-0.2, 0) is 0 Å². The molecule has 2 aromatic carbocycles. The number of amidine groups is 2. The average Bonchev–Trinajstić information content (AvgIpc) is 3.06. The summed E-state index contributed by atoms with van der Waals surface area (Å²) in [6.45, 7) is 9.29. The number of aliphatic imine (C=N–C) groups is 1. The minimum atomic E-state index is -0.579. The molecule has 1 heterocycles. The van der Waals surface area contributed by atoms with Crippen LogP contribution >= 0.6 is 11.8 Å². The number of rotatable bonds is 12. The van der Waals surface area contributed by atoms with Gasteiger partial charge in [0.05, 0.1) is 29.2 Å². The number of anilines is 1. The Morgan fingerprint density at radius 3 is 2.12 bits per heavy atom. The molecule has 1 aliphatic rings. The van der Waals surface area contributed by atoms with Crippen LogP contribution < -0.4 is 20.9 Å². The molecular weight excluding hydrogens is 451 g/mol. The number of hydrogen-bond acceptors (Lipinski definition) is 6. The smallest absolute Gasteiger partial charge is 0.183 e. The average molecular weight is 487 g/mol. The molecule has 0 saturated heterocycles. The highest BCUT2D eigenvalue weighted by molar-refractivity contribution is 7.99. The van der Waals surface area contributed by atoms with Gasteiger partial charge in [0.25, 0.3) is 0 Å². The zero-order chi connectivity index (χ0) is 24.8. The number of para-hydroxylation sites is 1. The lowest BCUT2D eigenvalue weighted by molar-refractivity contribution is 0.270. The second kappa shape index (κ2) is 11.6. The van der Waals surface area contributed by atoms with Crippen LogP contribution in [0, 0.1) is 23.1 Å². The quantitative estimate of drug-likeness (QED) is 0.243. The second-order valence-corrected chi connectivity index (χ2v) is 10.4. The van der Waals surface area contributed by atoms with Crippen LogP contribution in [0.3, 0.4) is 0 Å². The Morgan fingerprint density at radius 2 is 1.53 bits per heavy atom. The van der Waals surface area contributed by atoms with E-state index in [1.807, 2.05) is 18.2 Å². The SMILES string of the molecule is CC(C)CCCOc1c(F)c(Sc2ccccc2N)c(OCCCC(C)C)c2c1C(=N)N=C2N. The number of hydrogen-bond donors (Lipinski definition) is 3. The Bertz CT molecular complexity index is 1070. The molecule has 0 bridgehead atoms. The summed E-state index contributed by atoms with van der Waals surface area (Å²) in [6.07, 6.45) is 3.53. The number of nitrogens with one attached hydrogen (secondary N) is 1. The lowest BCUT2D eigenvalue weighted by atomic mass is 10.0. The van der Waals surface area contributed by atoms with Crippen molar-refractivity contribution in [2.45, 2.75) is 63.2 Å². The van der Waals surface area contributed by atoms with E-state index in [4.69, 9.17) is 26.4 Å².